The molecule has 0 spiro atoms. The number of amides is 2. The van der Waals surface area contributed by atoms with Crippen molar-refractivity contribution in [3.8, 4) is 0 Å². The molecule has 1 aliphatic rings. The van der Waals surface area contributed by atoms with Crippen molar-refractivity contribution in [2.75, 3.05) is 25.0 Å². The second kappa shape index (κ2) is 8.26. The van der Waals surface area contributed by atoms with Gasteiger partial charge in [-0.25, -0.2) is 8.78 Å². The number of piperazine rings is 1. The van der Waals surface area contributed by atoms with Crippen LogP contribution in [0.15, 0.2) is 42.5 Å². The van der Waals surface area contributed by atoms with E-state index in [0.717, 1.165) is 5.56 Å². The summed E-state index contributed by atoms with van der Waals surface area (Å²) in [5.41, 5.74) is 1.90. The summed E-state index contributed by atoms with van der Waals surface area (Å²) in [5, 5.41) is 5.83. The van der Waals surface area contributed by atoms with E-state index >= 15 is 0 Å². The Balaban J connectivity index is 1.71. The maximum absolute atomic E-state index is 13.3. The third-order valence-electron chi connectivity index (χ3n) is 4.62. The smallest absolute Gasteiger partial charge is 0.248 e. The molecule has 142 valence electrons. The van der Waals surface area contributed by atoms with Crippen molar-refractivity contribution in [3.05, 3.63) is 65.2 Å². The summed E-state index contributed by atoms with van der Waals surface area (Å²) < 4.78 is 26.3. The lowest BCUT2D eigenvalue weighted by atomic mass is 10.0. The zero-order valence-electron chi connectivity index (χ0n) is 15.0. The molecule has 0 aromatic heterocycles. The van der Waals surface area contributed by atoms with Gasteiger partial charge < -0.3 is 15.5 Å². The fourth-order valence-electron chi connectivity index (χ4n) is 3.12. The number of carbonyl (C=O) groups is 2. The Bertz CT molecular complexity index is 840. The highest BCUT2D eigenvalue weighted by atomic mass is 19.1. The average molecular weight is 373 g/mol. The molecule has 5 nitrogen and oxygen atoms in total. The first-order valence-electron chi connectivity index (χ1n) is 8.75. The Hall–Kier alpha value is -2.80. The quantitative estimate of drug-likeness (QED) is 0.864. The molecule has 2 N–H and O–H groups in total. The molecule has 1 atom stereocenters. The Morgan fingerprint density at radius 3 is 2.56 bits per heavy atom. The fraction of sp³-hybridized carbons (Fsp3) is 0.300. The van der Waals surface area contributed by atoms with Crippen LogP contribution < -0.4 is 10.6 Å². The highest BCUT2D eigenvalue weighted by molar-refractivity contribution is 5.97. The molecule has 0 aliphatic carbocycles. The zero-order valence-corrected chi connectivity index (χ0v) is 15.0. The van der Waals surface area contributed by atoms with Crippen LogP contribution in [0.3, 0.4) is 0 Å². The van der Waals surface area contributed by atoms with Gasteiger partial charge in [-0.05, 0) is 54.4 Å². The first-order chi connectivity index (χ1) is 12.9. The van der Waals surface area contributed by atoms with Crippen LogP contribution in [0.25, 0.3) is 0 Å². The van der Waals surface area contributed by atoms with E-state index in [9.17, 15) is 18.4 Å². The largest absolute Gasteiger partial charge is 0.328 e. The lowest BCUT2D eigenvalue weighted by Crippen LogP contribution is -2.58. The number of nitrogens with one attached hydrogen (secondary N) is 2. The van der Waals surface area contributed by atoms with Gasteiger partial charge in [0.2, 0.25) is 11.8 Å². The second-order valence-corrected chi connectivity index (χ2v) is 6.55. The van der Waals surface area contributed by atoms with Crippen LogP contribution in [0.4, 0.5) is 14.5 Å². The van der Waals surface area contributed by atoms with Gasteiger partial charge in [-0.15, -0.1) is 0 Å². The minimum absolute atomic E-state index is 0.104. The van der Waals surface area contributed by atoms with E-state index in [1.807, 2.05) is 0 Å². The molecular formula is C20H21F2N3O2. The van der Waals surface area contributed by atoms with Crippen LogP contribution >= 0.6 is 0 Å². The topological polar surface area (TPSA) is 61.4 Å². The van der Waals surface area contributed by atoms with E-state index in [2.05, 4.69) is 10.6 Å². The summed E-state index contributed by atoms with van der Waals surface area (Å²) in [6, 6.07) is 9.10. The molecular weight excluding hydrogens is 352 g/mol. The number of carbonyl (C=O) groups excluding carboxylic acids is 2. The number of benzene rings is 2. The highest BCUT2D eigenvalue weighted by Gasteiger charge is 2.32. The van der Waals surface area contributed by atoms with Crippen molar-refractivity contribution in [2.45, 2.75) is 19.4 Å². The summed E-state index contributed by atoms with van der Waals surface area (Å²) in [5.74, 6) is -1.26. The van der Waals surface area contributed by atoms with Gasteiger partial charge in [0, 0.05) is 25.3 Å². The van der Waals surface area contributed by atoms with Gasteiger partial charge in [-0.2, -0.15) is 0 Å². The molecule has 2 aromatic carbocycles. The lowest BCUT2D eigenvalue weighted by Gasteiger charge is -2.35. The molecule has 1 heterocycles. The standard InChI is InChI=1S/C20H21F2N3O2/c1-13-10-16(22)3-2-14(13)11-19(26)25-9-8-23-12-18(25)20(27)24-17-6-4-15(21)5-7-17/h2-7,10,18,23H,8-9,11-12H2,1H3,(H,24,27)/t18-/m0/s1. The van der Waals surface area contributed by atoms with Gasteiger partial charge in [-0.3, -0.25) is 9.59 Å². The minimum Gasteiger partial charge on any atom is -0.328 e. The third-order valence-corrected chi connectivity index (χ3v) is 4.62. The van der Waals surface area contributed by atoms with Gasteiger partial charge in [0.1, 0.15) is 17.7 Å². The molecule has 27 heavy (non-hydrogen) atoms. The Labute approximate surface area is 156 Å². The monoisotopic (exact) mass is 373 g/mol. The normalized spacial score (nSPS) is 16.9. The number of rotatable bonds is 4. The molecule has 2 amide bonds. The molecule has 0 bridgehead atoms. The van der Waals surface area contributed by atoms with Crippen molar-refractivity contribution in [1.82, 2.24) is 10.2 Å². The van der Waals surface area contributed by atoms with Crippen molar-refractivity contribution in [3.63, 3.8) is 0 Å². The maximum atomic E-state index is 13.3. The number of hydrogen-bond acceptors (Lipinski definition) is 3. The molecule has 0 unspecified atom stereocenters. The summed E-state index contributed by atoms with van der Waals surface area (Å²) in [6.45, 7) is 3.08. The van der Waals surface area contributed by atoms with Crippen LogP contribution in [0.2, 0.25) is 0 Å². The number of aryl methyl sites for hydroxylation is 1. The predicted octanol–water partition coefficient (Wildman–Crippen LogP) is 2.25. The average Bonchev–Trinajstić information content (AvgIpc) is 2.66. The number of nitrogens with zero attached hydrogens (tertiary/aromatic N) is 1. The molecule has 0 radical (unpaired) electrons. The van der Waals surface area contributed by atoms with E-state index < -0.39 is 6.04 Å². The molecule has 1 fully saturated rings. The van der Waals surface area contributed by atoms with E-state index in [-0.39, 0.29) is 29.9 Å². The highest BCUT2D eigenvalue weighted by Crippen LogP contribution is 2.15. The molecule has 7 heteroatoms. The van der Waals surface area contributed by atoms with E-state index in [4.69, 9.17) is 0 Å². The van der Waals surface area contributed by atoms with E-state index in [0.29, 0.717) is 30.9 Å². The summed E-state index contributed by atoms with van der Waals surface area (Å²) in [6.07, 6.45) is 0.104. The summed E-state index contributed by atoms with van der Waals surface area (Å²) in [7, 11) is 0. The second-order valence-electron chi connectivity index (χ2n) is 6.55. The fourth-order valence-corrected chi connectivity index (χ4v) is 3.12. The van der Waals surface area contributed by atoms with E-state index in [1.54, 1.807) is 13.0 Å². The molecule has 1 saturated heterocycles. The van der Waals surface area contributed by atoms with Gasteiger partial charge >= 0.3 is 0 Å². The van der Waals surface area contributed by atoms with Crippen LogP contribution in [-0.2, 0) is 16.0 Å². The third kappa shape index (κ3) is 4.68. The Kier molecular flexibility index (Phi) is 5.81. The first kappa shape index (κ1) is 19.0. The van der Waals surface area contributed by atoms with Crippen molar-refractivity contribution in [1.29, 1.82) is 0 Å². The zero-order chi connectivity index (χ0) is 19.4. The number of halogens is 2. The van der Waals surface area contributed by atoms with Crippen molar-refractivity contribution < 1.29 is 18.4 Å². The SMILES string of the molecule is Cc1cc(F)ccc1CC(=O)N1CCNC[C@H]1C(=O)Nc1ccc(F)cc1. The summed E-state index contributed by atoms with van der Waals surface area (Å²) in [4.78, 5) is 27.0. The van der Waals surface area contributed by atoms with E-state index in [1.165, 1.54) is 41.3 Å². The minimum atomic E-state index is -0.669. The van der Waals surface area contributed by atoms with Gasteiger partial charge in [0.25, 0.3) is 0 Å². The van der Waals surface area contributed by atoms with Crippen LogP contribution in [0, 0.1) is 18.6 Å². The van der Waals surface area contributed by atoms with Gasteiger partial charge in [0.05, 0.1) is 6.42 Å². The van der Waals surface area contributed by atoms with Crippen LogP contribution in [0.1, 0.15) is 11.1 Å². The molecule has 0 saturated carbocycles. The van der Waals surface area contributed by atoms with Crippen molar-refractivity contribution in [2.24, 2.45) is 0 Å². The summed E-state index contributed by atoms with van der Waals surface area (Å²) >= 11 is 0. The van der Waals surface area contributed by atoms with Crippen molar-refractivity contribution >= 4 is 17.5 Å². The lowest BCUT2D eigenvalue weighted by molar-refractivity contribution is -0.139. The van der Waals surface area contributed by atoms with Gasteiger partial charge in [0.15, 0.2) is 0 Å². The van der Waals surface area contributed by atoms with Crippen LogP contribution in [-0.4, -0.2) is 42.4 Å². The predicted molar refractivity (Wildman–Crippen MR) is 98.2 cm³/mol. The van der Waals surface area contributed by atoms with Crippen LogP contribution in [0.5, 0.6) is 0 Å². The Morgan fingerprint density at radius 1 is 1.15 bits per heavy atom. The number of hydrogen-bond donors (Lipinski definition) is 2. The number of anilines is 1. The molecule has 1 aliphatic heterocycles. The first-order valence-corrected chi connectivity index (χ1v) is 8.75. The molecule has 3 rings (SSSR count). The maximum Gasteiger partial charge on any atom is 0.248 e. The van der Waals surface area contributed by atoms with Gasteiger partial charge in [-0.1, -0.05) is 6.07 Å². The Morgan fingerprint density at radius 2 is 1.85 bits per heavy atom. The molecule has 2 aromatic rings.